The Morgan fingerprint density at radius 1 is 1.19 bits per heavy atom. The SMILES string of the molecule is CCc1noc(CC)c1C(=O)NC(C)C(C)C(=O)c1ccc(C#N)cc1. The fourth-order valence-electron chi connectivity index (χ4n) is 2.71. The number of carbonyl (C=O) groups excluding carboxylic acids is 2. The number of nitrogens with zero attached hydrogens (tertiary/aromatic N) is 2. The molecule has 1 N–H and O–H groups in total. The summed E-state index contributed by atoms with van der Waals surface area (Å²) in [5.41, 5.74) is 2.12. The van der Waals surface area contributed by atoms with Crippen LogP contribution in [0.3, 0.4) is 0 Å². The molecule has 1 amide bonds. The lowest BCUT2D eigenvalue weighted by Gasteiger charge is -2.20. The van der Waals surface area contributed by atoms with Crippen LogP contribution in [-0.2, 0) is 12.8 Å². The third-order valence-electron chi connectivity index (χ3n) is 4.54. The van der Waals surface area contributed by atoms with Crippen LogP contribution < -0.4 is 5.32 Å². The third-order valence-corrected chi connectivity index (χ3v) is 4.54. The van der Waals surface area contributed by atoms with E-state index in [1.807, 2.05) is 19.9 Å². The number of nitriles is 1. The van der Waals surface area contributed by atoms with Crippen LogP contribution in [0.5, 0.6) is 0 Å². The molecule has 0 aliphatic carbocycles. The van der Waals surface area contributed by atoms with E-state index in [0.717, 1.165) is 0 Å². The van der Waals surface area contributed by atoms with Crippen molar-refractivity contribution < 1.29 is 14.1 Å². The largest absolute Gasteiger partial charge is 0.360 e. The molecule has 1 aromatic heterocycles. The third kappa shape index (κ3) is 3.99. The van der Waals surface area contributed by atoms with E-state index in [1.165, 1.54) is 0 Å². The summed E-state index contributed by atoms with van der Waals surface area (Å²) in [5.74, 6) is -0.217. The van der Waals surface area contributed by atoms with Crippen LogP contribution in [0, 0.1) is 17.2 Å². The van der Waals surface area contributed by atoms with Gasteiger partial charge in [-0.1, -0.05) is 38.1 Å². The summed E-state index contributed by atoms with van der Waals surface area (Å²) in [7, 11) is 0. The van der Waals surface area contributed by atoms with Gasteiger partial charge in [0.05, 0.1) is 17.3 Å². The smallest absolute Gasteiger partial charge is 0.257 e. The highest BCUT2D eigenvalue weighted by atomic mass is 16.5. The maximum absolute atomic E-state index is 12.7. The summed E-state index contributed by atoms with van der Waals surface area (Å²) >= 11 is 0. The molecule has 0 aliphatic rings. The summed E-state index contributed by atoms with van der Waals surface area (Å²) in [6.07, 6.45) is 1.17. The Hall–Kier alpha value is -2.94. The first-order chi connectivity index (χ1) is 12.4. The van der Waals surface area contributed by atoms with Crippen LogP contribution in [0.25, 0.3) is 0 Å². The van der Waals surface area contributed by atoms with Crippen LogP contribution in [-0.4, -0.2) is 22.9 Å². The molecule has 136 valence electrons. The van der Waals surface area contributed by atoms with E-state index >= 15 is 0 Å². The number of aryl methyl sites for hydroxylation is 2. The van der Waals surface area contributed by atoms with Crippen molar-refractivity contribution in [3.05, 3.63) is 52.4 Å². The van der Waals surface area contributed by atoms with Gasteiger partial charge in [0.25, 0.3) is 5.91 Å². The first-order valence-corrected chi connectivity index (χ1v) is 8.75. The molecule has 2 aromatic rings. The van der Waals surface area contributed by atoms with Gasteiger partial charge in [-0.15, -0.1) is 0 Å². The lowest BCUT2D eigenvalue weighted by Crippen LogP contribution is -2.40. The average Bonchev–Trinajstić information content (AvgIpc) is 3.10. The molecule has 0 fully saturated rings. The average molecular weight is 353 g/mol. The molecular weight excluding hydrogens is 330 g/mol. The van der Waals surface area contributed by atoms with Crippen molar-refractivity contribution in [2.24, 2.45) is 5.92 Å². The van der Waals surface area contributed by atoms with E-state index < -0.39 is 5.92 Å². The number of nitrogens with one attached hydrogen (secondary N) is 1. The van der Waals surface area contributed by atoms with Gasteiger partial charge in [0, 0.05) is 23.9 Å². The molecule has 26 heavy (non-hydrogen) atoms. The minimum atomic E-state index is -0.415. The molecular formula is C20H23N3O3. The van der Waals surface area contributed by atoms with Crippen LogP contribution >= 0.6 is 0 Å². The Morgan fingerprint density at radius 3 is 2.38 bits per heavy atom. The second kappa shape index (κ2) is 8.43. The van der Waals surface area contributed by atoms with E-state index in [1.54, 1.807) is 38.1 Å². The Morgan fingerprint density at radius 2 is 1.85 bits per heavy atom. The first-order valence-electron chi connectivity index (χ1n) is 8.75. The maximum Gasteiger partial charge on any atom is 0.257 e. The Kier molecular flexibility index (Phi) is 6.29. The molecule has 1 aromatic carbocycles. The zero-order valence-electron chi connectivity index (χ0n) is 15.5. The van der Waals surface area contributed by atoms with Gasteiger partial charge in [-0.25, -0.2) is 0 Å². The molecule has 1 heterocycles. The van der Waals surface area contributed by atoms with E-state index in [9.17, 15) is 9.59 Å². The van der Waals surface area contributed by atoms with Crippen molar-refractivity contribution in [2.45, 2.75) is 46.6 Å². The highest BCUT2D eigenvalue weighted by Crippen LogP contribution is 2.18. The number of amides is 1. The summed E-state index contributed by atoms with van der Waals surface area (Å²) in [6, 6.07) is 8.15. The second-order valence-electron chi connectivity index (χ2n) is 6.24. The van der Waals surface area contributed by atoms with Crippen LogP contribution in [0.4, 0.5) is 0 Å². The van der Waals surface area contributed by atoms with Gasteiger partial charge in [-0.2, -0.15) is 5.26 Å². The maximum atomic E-state index is 12.7. The van der Waals surface area contributed by atoms with Crippen molar-refractivity contribution in [1.82, 2.24) is 10.5 Å². The minimum Gasteiger partial charge on any atom is -0.360 e. The van der Waals surface area contributed by atoms with Gasteiger partial charge in [0.2, 0.25) is 0 Å². The molecule has 0 bridgehead atoms. The van der Waals surface area contributed by atoms with Gasteiger partial charge in [-0.05, 0) is 25.5 Å². The molecule has 2 rings (SSSR count). The highest BCUT2D eigenvalue weighted by Gasteiger charge is 2.26. The predicted molar refractivity (Wildman–Crippen MR) is 96.8 cm³/mol. The van der Waals surface area contributed by atoms with E-state index in [4.69, 9.17) is 9.78 Å². The Bertz CT molecular complexity index is 809. The van der Waals surface area contributed by atoms with Gasteiger partial charge in [0.1, 0.15) is 11.3 Å². The normalized spacial score (nSPS) is 12.9. The number of ketones is 1. The fourth-order valence-corrected chi connectivity index (χ4v) is 2.71. The lowest BCUT2D eigenvalue weighted by atomic mass is 9.92. The summed E-state index contributed by atoms with van der Waals surface area (Å²) < 4.78 is 5.23. The Balaban J connectivity index is 2.12. The van der Waals surface area contributed by atoms with Gasteiger partial charge in [-0.3, -0.25) is 9.59 Å². The molecule has 0 aliphatic heterocycles. The number of carbonyl (C=O) groups is 2. The molecule has 6 nitrogen and oxygen atoms in total. The van der Waals surface area contributed by atoms with E-state index in [2.05, 4.69) is 10.5 Å². The molecule has 0 saturated heterocycles. The summed E-state index contributed by atoms with van der Waals surface area (Å²) in [6.45, 7) is 7.39. The number of aromatic nitrogens is 1. The molecule has 2 unspecified atom stereocenters. The van der Waals surface area contributed by atoms with Crippen molar-refractivity contribution in [2.75, 3.05) is 0 Å². The van der Waals surface area contributed by atoms with Crippen LogP contribution in [0.15, 0.2) is 28.8 Å². The summed E-state index contributed by atoms with van der Waals surface area (Å²) in [5, 5.41) is 15.7. The molecule has 2 atom stereocenters. The zero-order valence-corrected chi connectivity index (χ0v) is 15.5. The van der Waals surface area contributed by atoms with Gasteiger partial charge in [0.15, 0.2) is 5.78 Å². The zero-order chi connectivity index (χ0) is 19.3. The second-order valence-corrected chi connectivity index (χ2v) is 6.24. The Labute approximate surface area is 153 Å². The molecule has 0 radical (unpaired) electrons. The number of benzene rings is 1. The molecule has 6 heteroatoms. The van der Waals surface area contributed by atoms with Crippen molar-refractivity contribution in [3.8, 4) is 6.07 Å². The number of hydrogen-bond acceptors (Lipinski definition) is 5. The van der Waals surface area contributed by atoms with Crippen LogP contribution in [0.2, 0.25) is 0 Å². The number of rotatable bonds is 7. The number of Topliss-reactive ketones (excluding diaryl/α,β-unsaturated/α-hetero) is 1. The molecule has 0 saturated carbocycles. The quantitative estimate of drug-likeness (QED) is 0.770. The fraction of sp³-hybridized carbons (Fsp3) is 0.400. The van der Waals surface area contributed by atoms with Crippen molar-refractivity contribution in [3.63, 3.8) is 0 Å². The minimum absolute atomic E-state index is 0.0842. The standard InChI is InChI=1S/C20H23N3O3/c1-5-16-18(17(6-2)26-23-16)20(25)22-13(4)12(3)19(24)15-9-7-14(11-21)8-10-15/h7-10,12-13H,5-6H2,1-4H3,(H,22,25). The summed E-state index contributed by atoms with van der Waals surface area (Å²) in [4.78, 5) is 25.3. The van der Waals surface area contributed by atoms with Crippen LogP contribution in [0.1, 0.15) is 65.4 Å². The van der Waals surface area contributed by atoms with E-state index in [-0.39, 0.29) is 17.7 Å². The first kappa shape index (κ1) is 19.4. The van der Waals surface area contributed by atoms with Gasteiger partial charge < -0.3 is 9.84 Å². The van der Waals surface area contributed by atoms with Crippen molar-refractivity contribution in [1.29, 1.82) is 5.26 Å². The monoisotopic (exact) mass is 353 g/mol. The topological polar surface area (TPSA) is 96.0 Å². The van der Waals surface area contributed by atoms with Gasteiger partial charge >= 0.3 is 0 Å². The lowest BCUT2D eigenvalue weighted by molar-refractivity contribution is 0.0867. The van der Waals surface area contributed by atoms with E-state index in [0.29, 0.717) is 41.0 Å². The highest BCUT2D eigenvalue weighted by molar-refractivity contribution is 6.00. The molecule has 0 spiro atoms. The predicted octanol–water partition coefficient (Wildman–Crippen LogP) is 3.31. The van der Waals surface area contributed by atoms with Crippen molar-refractivity contribution >= 4 is 11.7 Å². The number of hydrogen-bond donors (Lipinski definition) is 1.